The third kappa shape index (κ3) is 6.30. The first-order chi connectivity index (χ1) is 14.1. The molecule has 2 aromatic rings. The zero-order chi connectivity index (χ0) is 22.3. The predicted octanol–water partition coefficient (Wildman–Crippen LogP) is 2.95. The van der Waals surface area contributed by atoms with Gasteiger partial charge in [-0.25, -0.2) is 8.42 Å². The minimum Gasteiger partial charge on any atom is -0.493 e. The van der Waals surface area contributed by atoms with E-state index in [4.69, 9.17) is 9.47 Å². The van der Waals surface area contributed by atoms with E-state index in [1.807, 2.05) is 4.83 Å². The van der Waals surface area contributed by atoms with Crippen molar-refractivity contribution in [2.75, 3.05) is 13.7 Å². The van der Waals surface area contributed by atoms with Crippen molar-refractivity contribution in [1.29, 1.82) is 0 Å². The van der Waals surface area contributed by atoms with Crippen LogP contribution in [0.3, 0.4) is 0 Å². The summed E-state index contributed by atoms with van der Waals surface area (Å²) in [5, 5.41) is 0. The van der Waals surface area contributed by atoms with E-state index < -0.39 is 15.9 Å². The van der Waals surface area contributed by atoms with Crippen LogP contribution in [0.25, 0.3) is 0 Å². The van der Waals surface area contributed by atoms with Gasteiger partial charge in [0.15, 0.2) is 17.3 Å². The number of sulfonamides is 1. The lowest BCUT2D eigenvalue weighted by molar-refractivity contribution is 0.0944. The van der Waals surface area contributed by atoms with Gasteiger partial charge >= 0.3 is 0 Å². The molecule has 0 saturated carbocycles. The van der Waals surface area contributed by atoms with Crippen molar-refractivity contribution in [2.45, 2.75) is 32.1 Å². The van der Waals surface area contributed by atoms with Crippen LogP contribution in [0.1, 0.15) is 47.9 Å². The van der Waals surface area contributed by atoms with Gasteiger partial charge in [-0.05, 0) is 49.6 Å². The van der Waals surface area contributed by atoms with Gasteiger partial charge < -0.3 is 9.47 Å². The number of carbonyl (C=O) groups excluding carboxylic acids is 2. The molecule has 0 aliphatic heterocycles. The zero-order valence-electron chi connectivity index (χ0n) is 17.4. The number of methoxy groups -OCH3 is 1. The molecule has 0 aromatic heterocycles. The van der Waals surface area contributed by atoms with Crippen LogP contribution in [-0.4, -0.2) is 33.8 Å². The molecule has 0 spiro atoms. The molecule has 9 heteroatoms. The molecule has 0 radical (unpaired) electrons. The standard InChI is InChI=1S/C21H26N2O6S/c1-14(2)11-12-29-19-10-7-17(13-20(19)28-4)21(25)22-23-30(26,27)18-8-5-16(6-9-18)15(3)24/h5-10,13-14,23H,11-12H2,1-4H3,(H,22,25). The lowest BCUT2D eigenvalue weighted by Gasteiger charge is -2.13. The van der Waals surface area contributed by atoms with E-state index in [-0.39, 0.29) is 16.2 Å². The van der Waals surface area contributed by atoms with Gasteiger partial charge in [0.05, 0.1) is 18.6 Å². The van der Waals surface area contributed by atoms with Gasteiger partial charge in [-0.1, -0.05) is 26.0 Å². The molecule has 0 aliphatic rings. The van der Waals surface area contributed by atoms with Gasteiger partial charge in [-0.2, -0.15) is 0 Å². The number of carbonyl (C=O) groups is 2. The third-order valence-electron chi connectivity index (χ3n) is 4.25. The number of ether oxygens (including phenoxy) is 2. The van der Waals surface area contributed by atoms with Crippen molar-refractivity contribution in [3.63, 3.8) is 0 Å². The summed E-state index contributed by atoms with van der Waals surface area (Å²) in [6.45, 7) is 6.08. The molecular formula is C21H26N2O6S. The summed E-state index contributed by atoms with van der Waals surface area (Å²) >= 11 is 0. The van der Waals surface area contributed by atoms with Crippen LogP contribution in [0.2, 0.25) is 0 Å². The van der Waals surface area contributed by atoms with E-state index in [0.29, 0.717) is 29.6 Å². The number of benzene rings is 2. The summed E-state index contributed by atoms with van der Waals surface area (Å²) in [7, 11) is -2.54. The van der Waals surface area contributed by atoms with E-state index in [1.165, 1.54) is 50.4 Å². The fraction of sp³-hybridized carbons (Fsp3) is 0.333. The Labute approximate surface area is 176 Å². The molecule has 0 heterocycles. The summed E-state index contributed by atoms with van der Waals surface area (Å²) in [4.78, 5) is 25.6. The lowest BCUT2D eigenvalue weighted by Crippen LogP contribution is -2.41. The van der Waals surface area contributed by atoms with Crippen LogP contribution in [0.5, 0.6) is 11.5 Å². The van der Waals surface area contributed by atoms with Crippen molar-refractivity contribution in [1.82, 2.24) is 10.3 Å². The number of amides is 1. The first-order valence-electron chi connectivity index (χ1n) is 9.38. The number of Topliss-reactive ketones (excluding diaryl/α,β-unsaturated/α-hetero) is 1. The van der Waals surface area contributed by atoms with Gasteiger partial charge in [0.1, 0.15) is 0 Å². The Hall–Kier alpha value is -2.91. The maximum Gasteiger partial charge on any atom is 0.266 e. The van der Waals surface area contributed by atoms with E-state index in [9.17, 15) is 18.0 Å². The van der Waals surface area contributed by atoms with E-state index in [1.54, 1.807) is 6.07 Å². The van der Waals surface area contributed by atoms with Crippen LogP contribution in [0, 0.1) is 5.92 Å². The summed E-state index contributed by atoms with van der Waals surface area (Å²) in [5.41, 5.74) is 2.75. The normalized spacial score (nSPS) is 11.2. The molecule has 0 saturated heterocycles. The number of hydrazine groups is 1. The molecular weight excluding hydrogens is 408 g/mol. The van der Waals surface area contributed by atoms with E-state index in [2.05, 4.69) is 19.3 Å². The Kier molecular flexibility index (Phi) is 7.96. The Bertz CT molecular complexity index is 1000. The molecule has 0 fully saturated rings. The number of hydrogen-bond donors (Lipinski definition) is 2. The second-order valence-electron chi connectivity index (χ2n) is 7.04. The molecule has 30 heavy (non-hydrogen) atoms. The van der Waals surface area contributed by atoms with Crippen LogP contribution in [0.15, 0.2) is 47.4 Å². The summed E-state index contributed by atoms with van der Waals surface area (Å²) in [6.07, 6.45) is 0.876. The smallest absolute Gasteiger partial charge is 0.266 e. The van der Waals surface area contributed by atoms with Crippen molar-refractivity contribution >= 4 is 21.7 Å². The highest BCUT2D eigenvalue weighted by molar-refractivity contribution is 7.89. The fourth-order valence-corrected chi connectivity index (χ4v) is 3.29. The molecule has 2 rings (SSSR count). The number of ketones is 1. The van der Waals surface area contributed by atoms with Gasteiger partial charge in [-0.15, -0.1) is 4.83 Å². The molecule has 0 atom stereocenters. The van der Waals surface area contributed by atoms with Gasteiger partial charge in [0, 0.05) is 11.1 Å². The summed E-state index contributed by atoms with van der Waals surface area (Å²) in [5.74, 6) is 0.527. The van der Waals surface area contributed by atoms with Crippen LogP contribution >= 0.6 is 0 Å². The Morgan fingerprint density at radius 2 is 1.63 bits per heavy atom. The monoisotopic (exact) mass is 434 g/mol. The fourth-order valence-electron chi connectivity index (χ4n) is 2.45. The minimum atomic E-state index is -4.00. The van der Waals surface area contributed by atoms with Crippen molar-refractivity contribution < 1.29 is 27.5 Å². The van der Waals surface area contributed by atoms with Crippen molar-refractivity contribution in [3.8, 4) is 11.5 Å². The second kappa shape index (κ2) is 10.2. The third-order valence-corrected chi connectivity index (χ3v) is 5.51. The van der Waals surface area contributed by atoms with Gasteiger partial charge in [0.2, 0.25) is 0 Å². The van der Waals surface area contributed by atoms with E-state index in [0.717, 1.165) is 6.42 Å². The van der Waals surface area contributed by atoms with Crippen molar-refractivity contribution in [3.05, 3.63) is 53.6 Å². The van der Waals surface area contributed by atoms with Gasteiger partial charge in [-0.3, -0.25) is 15.0 Å². The first-order valence-corrected chi connectivity index (χ1v) is 10.9. The molecule has 0 unspecified atom stereocenters. The maximum absolute atomic E-state index is 12.4. The Morgan fingerprint density at radius 1 is 1.00 bits per heavy atom. The summed E-state index contributed by atoms with van der Waals surface area (Å²) < 4.78 is 35.6. The molecule has 2 N–H and O–H groups in total. The van der Waals surface area contributed by atoms with Gasteiger partial charge in [0.25, 0.3) is 15.9 Å². The average Bonchev–Trinajstić information content (AvgIpc) is 2.72. The molecule has 0 bridgehead atoms. The molecule has 0 aliphatic carbocycles. The average molecular weight is 435 g/mol. The topological polar surface area (TPSA) is 111 Å². The number of hydrogen-bond acceptors (Lipinski definition) is 6. The SMILES string of the molecule is COc1cc(C(=O)NNS(=O)(=O)c2ccc(C(C)=O)cc2)ccc1OCCC(C)C. The Morgan fingerprint density at radius 3 is 2.20 bits per heavy atom. The molecule has 2 aromatic carbocycles. The van der Waals surface area contributed by atoms with E-state index >= 15 is 0 Å². The molecule has 8 nitrogen and oxygen atoms in total. The van der Waals surface area contributed by atoms with Crippen molar-refractivity contribution in [2.24, 2.45) is 5.92 Å². The largest absolute Gasteiger partial charge is 0.493 e. The molecule has 162 valence electrons. The minimum absolute atomic E-state index is 0.0840. The second-order valence-corrected chi connectivity index (χ2v) is 8.72. The first kappa shape index (κ1) is 23.4. The number of nitrogens with one attached hydrogen (secondary N) is 2. The maximum atomic E-state index is 12.4. The van der Waals surface area contributed by atoms with Crippen LogP contribution in [0.4, 0.5) is 0 Å². The zero-order valence-corrected chi connectivity index (χ0v) is 18.2. The highest BCUT2D eigenvalue weighted by Crippen LogP contribution is 2.28. The summed E-state index contributed by atoms with van der Waals surface area (Å²) in [6, 6.07) is 9.97. The highest BCUT2D eigenvalue weighted by atomic mass is 32.2. The Balaban J connectivity index is 2.05. The number of rotatable bonds is 10. The predicted molar refractivity (Wildman–Crippen MR) is 112 cm³/mol. The van der Waals surface area contributed by atoms with Crippen LogP contribution < -0.4 is 19.7 Å². The molecule has 1 amide bonds. The lowest BCUT2D eigenvalue weighted by atomic mass is 10.1. The van der Waals surface area contributed by atoms with Crippen LogP contribution in [-0.2, 0) is 10.0 Å². The quantitative estimate of drug-likeness (QED) is 0.439. The highest BCUT2D eigenvalue weighted by Gasteiger charge is 2.17.